The molecule has 222 valence electrons. The lowest BCUT2D eigenvalue weighted by Gasteiger charge is -2.49. The topological polar surface area (TPSA) is 68.6 Å². The second-order valence-electron chi connectivity index (χ2n) is 14.0. The van der Waals surface area contributed by atoms with Gasteiger partial charge in [0.1, 0.15) is 6.07 Å². The zero-order chi connectivity index (χ0) is 29.3. The summed E-state index contributed by atoms with van der Waals surface area (Å²) in [5.74, 6) is 1.30. The molecule has 0 aromatic rings. The van der Waals surface area contributed by atoms with Crippen LogP contribution in [0.25, 0.3) is 0 Å². The molecular weight excluding hydrogens is 486 g/mol. The molecule has 1 fully saturated rings. The Bertz CT molecular complexity index is 899. The highest BCUT2D eigenvalue weighted by Crippen LogP contribution is 2.48. The maximum atomic E-state index is 12.3. The average molecular weight is 544 g/mol. The van der Waals surface area contributed by atoms with E-state index in [4.69, 9.17) is 14.5 Å². The molecule has 0 spiro atoms. The lowest BCUT2D eigenvalue weighted by Crippen LogP contribution is -2.53. The zero-order valence-corrected chi connectivity index (χ0v) is 26.5. The van der Waals surface area contributed by atoms with Gasteiger partial charge in [0.2, 0.25) is 5.79 Å². The van der Waals surface area contributed by atoms with Crippen molar-refractivity contribution in [3.63, 3.8) is 0 Å². The van der Waals surface area contributed by atoms with Gasteiger partial charge in [-0.15, -0.1) is 0 Å². The Labute approximate surface area is 239 Å². The van der Waals surface area contributed by atoms with E-state index in [-0.39, 0.29) is 11.7 Å². The van der Waals surface area contributed by atoms with E-state index in [2.05, 4.69) is 54.5 Å². The SMILES string of the molecule is CC1=CC(=O)C=C2CC[C@@](C)(CCC[C@H](C)CCC[C@H](C)CCCC(C)C)O[C@@]12OO[C@](C)(C#N)CC(C)C. The fourth-order valence-electron chi connectivity index (χ4n) is 6.19. The summed E-state index contributed by atoms with van der Waals surface area (Å²) in [5, 5.41) is 9.81. The Kier molecular flexibility index (Phi) is 12.9. The monoisotopic (exact) mass is 543 g/mol. The number of fused-ring (bicyclic) bond motifs is 1. The molecular formula is C34H57NO4. The van der Waals surface area contributed by atoms with Gasteiger partial charge < -0.3 is 4.74 Å². The van der Waals surface area contributed by atoms with Crippen LogP contribution in [0.4, 0.5) is 0 Å². The van der Waals surface area contributed by atoms with Crippen LogP contribution in [0.2, 0.25) is 0 Å². The van der Waals surface area contributed by atoms with Crippen LogP contribution < -0.4 is 0 Å². The molecule has 0 bridgehead atoms. The van der Waals surface area contributed by atoms with Gasteiger partial charge in [-0.25, -0.2) is 4.89 Å². The highest BCUT2D eigenvalue weighted by atomic mass is 17.2. The minimum atomic E-state index is -1.26. The number of hydrogen-bond donors (Lipinski definition) is 0. The first-order valence-electron chi connectivity index (χ1n) is 15.6. The molecule has 2 aliphatic rings. The lowest BCUT2D eigenvalue weighted by molar-refractivity contribution is -0.452. The Morgan fingerprint density at radius 2 is 1.56 bits per heavy atom. The van der Waals surface area contributed by atoms with Crippen molar-refractivity contribution in [3.05, 3.63) is 23.3 Å². The van der Waals surface area contributed by atoms with E-state index in [9.17, 15) is 10.1 Å². The molecule has 39 heavy (non-hydrogen) atoms. The predicted molar refractivity (Wildman–Crippen MR) is 159 cm³/mol. The average Bonchev–Trinajstić information content (AvgIpc) is 2.83. The van der Waals surface area contributed by atoms with E-state index in [0.29, 0.717) is 24.3 Å². The predicted octanol–water partition coefficient (Wildman–Crippen LogP) is 9.42. The Morgan fingerprint density at radius 1 is 0.974 bits per heavy atom. The van der Waals surface area contributed by atoms with E-state index < -0.39 is 17.0 Å². The summed E-state index contributed by atoms with van der Waals surface area (Å²) >= 11 is 0. The molecule has 0 aromatic heterocycles. The molecule has 0 N–H and O–H groups in total. The zero-order valence-electron chi connectivity index (χ0n) is 26.5. The summed E-state index contributed by atoms with van der Waals surface area (Å²) in [4.78, 5) is 24.3. The van der Waals surface area contributed by atoms with E-state index >= 15 is 0 Å². The minimum Gasteiger partial charge on any atom is -0.334 e. The summed E-state index contributed by atoms with van der Waals surface area (Å²) < 4.78 is 6.77. The molecule has 1 saturated heterocycles. The van der Waals surface area contributed by atoms with Gasteiger partial charge in [0.15, 0.2) is 11.4 Å². The summed E-state index contributed by atoms with van der Waals surface area (Å²) in [5.41, 5.74) is -0.0432. The van der Waals surface area contributed by atoms with Crippen molar-refractivity contribution in [2.45, 2.75) is 156 Å². The van der Waals surface area contributed by atoms with Gasteiger partial charge in [-0.3, -0.25) is 4.79 Å². The smallest absolute Gasteiger partial charge is 0.247 e. The maximum absolute atomic E-state index is 12.3. The van der Waals surface area contributed by atoms with Crippen LogP contribution in [0.5, 0.6) is 0 Å². The largest absolute Gasteiger partial charge is 0.334 e. The molecule has 0 unspecified atom stereocenters. The fourth-order valence-corrected chi connectivity index (χ4v) is 6.19. The van der Waals surface area contributed by atoms with Crippen molar-refractivity contribution >= 4 is 5.78 Å². The molecule has 5 atom stereocenters. The van der Waals surface area contributed by atoms with E-state index in [1.165, 1.54) is 44.9 Å². The van der Waals surface area contributed by atoms with Crippen LogP contribution in [0.15, 0.2) is 23.3 Å². The molecule has 0 radical (unpaired) electrons. The number of nitriles is 1. The second kappa shape index (κ2) is 14.9. The number of rotatable bonds is 17. The van der Waals surface area contributed by atoms with Crippen molar-refractivity contribution in [1.29, 1.82) is 5.26 Å². The first-order valence-corrected chi connectivity index (χ1v) is 15.6. The summed E-state index contributed by atoms with van der Waals surface area (Å²) in [7, 11) is 0. The molecule has 1 aliphatic heterocycles. The quantitative estimate of drug-likeness (QED) is 0.135. The highest BCUT2D eigenvalue weighted by Gasteiger charge is 2.52. The van der Waals surface area contributed by atoms with Gasteiger partial charge in [0.25, 0.3) is 0 Å². The van der Waals surface area contributed by atoms with Crippen LogP contribution in [0, 0.1) is 35.0 Å². The number of ether oxygens (including phenoxy) is 1. The Balaban J connectivity index is 1.94. The molecule has 1 aliphatic carbocycles. The van der Waals surface area contributed by atoms with Crippen LogP contribution in [-0.2, 0) is 19.3 Å². The molecule has 5 nitrogen and oxygen atoms in total. The fraction of sp³-hybridized carbons (Fsp3) is 0.824. The summed E-state index contributed by atoms with van der Waals surface area (Å²) in [6.45, 7) is 19.3. The van der Waals surface area contributed by atoms with Gasteiger partial charge in [-0.05, 0) is 93.4 Å². The number of carbonyl (C=O) groups is 1. The number of carbonyl (C=O) groups excluding carboxylic acids is 1. The molecule has 0 saturated carbocycles. The first-order chi connectivity index (χ1) is 18.2. The van der Waals surface area contributed by atoms with Crippen molar-refractivity contribution in [2.24, 2.45) is 23.7 Å². The Morgan fingerprint density at radius 3 is 2.13 bits per heavy atom. The second-order valence-corrected chi connectivity index (χ2v) is 14.0. The molecule has 2 rings (SSSR count). The molecule has 0 aromatic carbocycles. The van der Waals surface area contributed by atoms with E-state index in [1.807, 2.05) is 6.92 Å². The van der Waals surface area contributed by atoms with E-state index in [1.54, 1.807) is 19.1 Å². The lowest BCUT2D eigenvalue weighted by atomic mass is 9.79. The van der Waals surface area contributed by atoms with Gasteiger partial charge in [0, 0.05) is 0 Å². The van der Waals surface area contributed by atoms with Crippen LogP contribution >= 0.6 is 0 Å². The molecule has 5 heteroatoms. The van der Waals surface area contributed by atoms with Crippen LogP contribution in [-0.4, -0.2) is 22.8 Å². The molecule has 1 heterocycles. The summed E-state index contributed by atoms with van der Waals surface area (Å²) in [6, 6.07) is 2.26. The third kappa shape index (κ3) is 10.5. The van der Waals surface area contributed by atoms with Crippen LogP contribution in [0.3, 0.4) is 0 Å². The molecule has 0 amide bonds. The van der Waals surface area contributed by atoms with Gasteiger partial charge in [-0.1, -0.05) is 92.9 Å². The van der Waals surface area contributed by atoms with Crippen molar-refractivity contribution in [3.8, 4) is 6.07 Å². The van der Waals surface area contributed by atoms with Gasteiger partial charge >= 0.3 is 0 Å². The van der Waals surface area contributed by atoms with Crippen molar-refractivity contribution in [2.75, 3.05) is 0 Å². The minimum absolute atomic E-state index is 0.0535. The Hall–Kier alpha value is -1.48. The highest BCUT2D eigenvalue weighted by molar-refractivity contribution is 6.02. The number of nitrogens with zero attached hydrogens (tertiary/aromatic N) is 1. The number of hydrogen-bond acceptors (Lipinski definition) is 5. The summed E-state index contributed by atoms with van der Waals surface area (Å²) in [6.07, 6.45) is 16.4. The first kappa shape index (κ1) is 33.7. The van der Waals surface area contributed by atoms with Gasteiger partial charge in [0.05, 0.1) is 5.60 Å². The normalized spacial score (nSPS) is 26.5. The van der Waals surface area contributed by atoms with Gasteiger partial charge in [-0.2, -0.15) is 10.1 Å². The number of allylic oxidation sites excluding steroid dienone is 2. The maximum Gasteiger partial charge on any atom is 0.247 e. The standard InChI is InChI=1S/C34H57NO4/c1-25(2)13-10-14-27(5)15-11-16-28(6)17-12-19-32(8)20-18-30-22-31(36)21-29(7)34(30,37-32)39-38-33(9,24-35)23-26(3)4/h21-22,25-28H,10-20,23H2,1-9H3/t27-,28-,32-,33+,34-/m1/s1. The van der Waals surface area contributed by atoms with Crippen molar-refractivity contribution < 1.29 is 19.3 Å². The third-order valence-corrected chi connectivity index (χ3v) is 8.58. The number of ketones is 1. The van der Waals surface area contributed by atoms with E-state index in [0.717, 1.165) is 36.7 Å². The third-order valence-electron chi connectivity index (χ3n) is 8.58. The van der Waals surface area contributed by atoms with Crippen LogP contribution in [0.1, 0.15) is 139 Å². The van der Waals surface area contributed by atoms with Crippen molar-refractivity contribution in [1.82, 2.24) is 0 Å².